The van der Waals surface area contributed by atoms with E-state index in [4.69, 9.17) is 11.6 Å². The number of hydrogen-bond acceptors (Lipinski definition) is 4. The molecule has 4 rings (SSSR count). The van der Waals surface area contributed by atoms with Crippen LogP contribution in [0.25, 0.3) is 11.3 Å². The second-order valence-corrected chi connectivity index (χ2v) is 7.28. The predicted octanol–water partition coefficient (Wildman–Crippen LogP) is 4.14. The molecule has 5 nitrogen and oxygen atoms in total. The lowest BCUT2D eigenvalue weighted by molar-refractivity contribution is -0.116. The fourth-order valence-electron chi connectivity index (χ4n) is 2.80. The van der Waals surface area contributed by atoms with Crippen LogP contribution in [0.1, 0.15) is 11.1 Å². The number of amides is 2. The first-order valence-electron chi connectivity index (χ1n) is 8.00. The lowest BCUT2D eigenvalue weighted by Gasteiger charge is -2.03. The van der Waals surface area contributed by atoms with Gasteiger partial charge in [-0.2, -0.15) is 0 Å². The van der Waals surface area contributed by atoms with Crippen LogP contribution in [-0.2, 0) is 22.4 Å². The molecule has 1 aliphatic rings. The molecule has 0 spiro atoms. The van der Waals surface area contributed by atoms with Gasteiger partial charge in [0.25, 0.3) is 0 Å². The number of nitrogens with one attached hydrogen (secondary N) is 2. The second-order valence-electron chi connectivity index (χ2n) is 5.99. The quantitative estimate of drug-likeness (QED) is 0.711. The maximum Gasteiger partial charge on any atom is 0.230 e. The van der Waals surface area contributed by atoms with E-state index in [9.17, 15) is 9.59 Å². The first kappa shape index (κ1) is 16.8. The van der Waals surface area contributed by atoms with E-state index in [1.54, 1.807) is 12.1 Å². The van der Waals surface area contributed by atoms with Gasteiger partial charge in [0.2, 0.25) is 11.8 Å². The Kier molecular flexibility index (Phi) is 4.44. The third-order valence-electron chi connectivity index (χ3n) is 4.05. The highest BCUT2D eigenvalue weighted by Crippen LogP contribution is 2.30. The van der Waals surface area contributed by atoms with Gasteiger partial charge in [-0.15, -0.1) is 11.3 Å². The summed E-state index contributed by atoms with van der Waals surface area (Å²) in [7, 11) is 0. The molecule has 0 aliphatic carbocycles. The SMILES string of the molecule is O=C(Cc1ccc(Cl)cc1)Nc1nc(-c2ccc3c(c2)CC(=O)N3)cs1. The average Bonchev–Trinajstić information content (AvgIpc) is 3.21. The maximum absolute atomic E-state index is 12.2. The zero-order valence-corrected chi connectivity index (χ0v) is 15.2. The number of thiazole rings is 1. The molecule has 2 aromatic carbocycles. The Morgan fingerprint density at radius 3 is 2.85 bits per heavy atom. The van der Waals surface area contributed by atoms with Gasteiger partial charge in [0.15, 0.2) is 5.13 Å². The molecule has 7 heteroatoms. The third kappa shape index (κ3) is 3.61. The Bertz CT molecular complexity index is 998. The summed E-state index contributed by atoms with van der Waals surface area (Å²) in [6, 6.07) is 12.9. The Morgan fingerprint density at radius 2 is 2.04 bits per heavy atom. The molecule has 0 atom stereocenters. The highest BCUT2D eigenvalue weighted by Gasteiger charge is 2.18. The van der Waals surface area contributed by atoms with Crippen molar-refractivity contribution >= 4 is 45.6 Å². The van der Waals surface area contributed by atoms with E-state index in [0.717, 1.165) is 28.1 Å². The van der Waals surface area contributed by atoms with Gasteiger partial charge in [0.05, 0.1) is 18.5 Å². The molecular weight excluding hydrogens is 370 g/mol. The van der Waals surface area contributed by atoms with E-state index in [0.29, 0.717) is 16.6 Å². The highest BCUT2D eigenvalue weighted by molar-refractivity contribution is 7.14. The largest absolute Gasteiger partial charge is 0.326 e. The van der Waals surface area contributed by atoms with Crippen molar-refractivity contribution in [2.45, 2.75) is 12.8 Å². The smallest absolute Gasteiger partial charge is 0.230 e. The number of nitrogens with zero attached hydrogens (tertiary/aromatic N) is 1. The number of aromatic nitrogens is 1. The zero-order valence-electron chi connectivity index (χ0n) is 13.6. The van der Waals surface area contributed by atoms with Crippen LogP contribution in [0.4, 0.5) is 10.8 Å². The van der Waals surface area contributed by atoms with E-state index in [-0.39, 0.29) is 18.2 Å². The average molecular weight is 384 g/mol. The standard InChI is InChI=1S/C19H14ClN3O2S/c20-14-4-1-11(2-5-14)7-17(24)23-19-22-16(10-26-19)12-3-6-15-13(8-12)9-18(25)21-15/h1-6,8,10H,7,9H2,(H,21,25)(H,22,23,24). The molecule has 0 bridgehead atoms. The van der Waals surface area contributed by atoms with Crippen molar-refractivity contribution in [1.82, 2.24) is 4.98 Å². The summed E-state index contributed by atoms with van der Waals surface area (Å²) in [5.41, 5.74) is 4.41. The molecular formula is C19H14ClN3O2S. The normalized spacial score (nSPS) is 12.6. The van der Waals surface area contributed by atoms with E-state index < -0.39 is 0 Å². The first-order valence-corrected chi connectivity index (χ1v) is 9.25. The number of rotatable bonds is 4. The monoisotopic (exact) mass is 383 g/mol. The van der Waals surface area contributed by atoms with E-state index in [1.165, 1.54) is 11.3 Å². The van der Waals surface area contributed by atoms with Crippen molar-refractivity contribution in [3.63, 3.8) is 0 Å². The van der Waals surface area contributed by atoms with Crippen LogP contribution >= 0.6 is 22.9 Å². The van der Waals surface area contributed by atoms with Crippen LogP contribution in [-0.4, -0.2) is 16.8 Å². The first-order chi connectivity index (χ1) is 12.6. The summed E-state index contributed by atoms with van der Waals surface area (Å²) in [5.74, 6) is -0.123. The topological polar surface area (TPSA) is 71.1 Å². The van der Waals surface area contributed by atoms with Crippen LogP contribution in [0.2, 0.25) is 5.02 Å². The van der Waals surface area contributed by atoms with Crippen molar-refractivity contribution in [1.29, 1.82) is 0 Å². The molecule has 2 heterocycles. The molecule has 0 fully saturated rings. The maximum atomic E-state index is 12.2. The van der Waals surface area contributed by atoms with E-state index in [1.807, 2.05) is 35.7 Å². The van der Waals surface area contributed by atoms with Gasteiger partial charge >= 0.3 is 0 Å². The summed E-state index contributed by atoms with van der Waals surface area (Å²) in [6.45, 7) is 0. The van der Waals surface area contributed by atoms with Crippen molar-refractivity contribution in [2.75, 3.05) is 10.6 Å². The number of fused-ring (bicyclic) bond motifs is 1. The van der Waals surface area contributed by atoms with Crippen LogP contribution < -0.4 is 10.6 Å². The lowest BCUT2D eigenvalue weighted by atomic mass is 10.1. The van der Waals surface area contributed by atoms with Crippen LogP contribution in [0.3, 0.4) is 0 Å². The van der Waals surface area contributed by atoms with E-state index in [2.05, 4.69) is 15.6 Å². The fraction of sp³-hybridized carbons (Fsp3) is 0.105. The van der Waals surface area contributed by atoms with Gasteiger partial charge in [-0.1, -0.05) is 29.8 Å². The zero-order chi connectivity index (χ0) is 18.1. The minimum absolute atomic E-state index is 0.00517. The predicted molar refractivity (Wildman–Crippen MR) is 104 cm³/mol. The Balaban J connectivity index is 1.45. The second kappa shape index (κ2) is 6.90. The molecule has 130 valence electrons. The Labute approximate surface area is 159 Å². The Morgan fingerprint density at radius 1 is 1.23 bits per heavy atom. The van der Waals surface area contributed by atoms with Gasteiger partial charge in [0, 0.05) is 21.7 Å². The molecule has 1 aromatic heterocycles. The molecule has 0 saturated heterocycles. The minimum atomic E-state index is -0.128. The van der Waals surface area contributed by atoms with Crippen molar-refractivity contribution in [2.24, 2.45) is 0 Å². The molecule has 0 radical (unpaired) electrons. The molecule has 2 N–H and O–H groups in total. The summed E-state index contributed by atoms with van der Waals surface area (Å²) >= 11 is 7.22. The summed E-state index contributed by atoms with van der Waals surface area (Å²) in [5, 5.41) is 8.72. The van der Waals surface area contributed by atoms with Crippen LogP contribution in [0.5, 0.6) is 0 Å². The van der Waals surface area contributed by atoms with Gasteiger partial charge < -0.3 is 10.6 Å². The summed E-state index contributed by atoms with van der Waals surface area (Å²) in [6.07, 6.45) is 0.650. The number of carbonyl (C=O) groups is 2. The molecule has 2 amide bonds. The number of carbonyl (C=O) groups excluding carboxylic acids is 2. The lowest BCUT2D eigenvalue weighted by Crippen LogP contribution is -2.14. The Hall–Kier alpha value is -2.70. The van der Waals surface area contributed by atoms with Crippen molar-refractivity contribution < 1.29 is 9.59 Å². The molecule has 26 heavy (non-hydrogen) atoms. The minimum Gasteiger partial charge on any atom is -0.326 e. The number of hydrogen-bond donors (Lipinski definition) is 2. The van der Waals surface area contributed by atoms with Crippen molar-refractivity contribution in [3.05, 3.63) is 64.0 Å². The van der Waals surface area contributed by atoms with Gasteiger partial charge in [0.1, 0.15) is 0 Å². The molecule has 3 aromatic rings. The van der Waals surface area contributed by atoms with Gasteiger partial charge in [-0.3, -0.25) is 9.59 Å². The number of anilines is 2. The van der Waals surface area contributed by atoms with Crippen LogP contribution in [0.15, 0.2) is 47.8 Å². The molecule has 1 aliphatic heterocycles. The number of halogens is 1. The molecule has 0 saturated carbocycles. The van der Waals surface area contributed by atoms with Gasteiger partial charge in [-0.05, 0) is 35.4 Å². The van der Waals surface area contributed by atoms with E-state index >= 15 is 0 Å². The number of benzene rings is 2. The molecule has 0 unspecified atom stereocenters. The van der Waals surface area contributed by atoms with Crippen molar-refractivity contribution in [3.8, 4) is 11.3 Å². The van der Waals surface area contributed by atoms with Crippen LogP contribution in [0, 0.1) is 0 Å². The summed E-state index contributed by atoms with van der Waals surface area (Å²) < 4.78 is 0. The third-order valence-corrected chi connectivity index (χ3v) is 5.06. The fourth-order valence-corrected chi connectivity index (χ4v) is 3.67. The highest BCUT2D eigenvalue weighted by atomic mass is 35.5. The van der Waals surface area contributed by atoms with Gasteiger partial charge in [-0.25, -0.2) is 4.98 Å². The summed E-state index contributed by atoms with van der Waals surface area (Å²) in [4.78, 5) is 28.1.